The molecule has 2 aliphatic rings. The van der Waals surface area contributed by atoms with E-state index in [2.05, 4.69) is 71.9 Å². The minimum absolute atomic E-state index is 0.163. The van der Waals surface area contributed by atoms with Crippen molar-refractivity contribution in [1.82, 2.24) is 19.4 Å². The average molecular weight is 732 g/mol. The van der Waals surface area contributed by atoms with Crippen molar-refractivity contribution >= 4 is 49.9 Å². The first-order valence-corrected chi connectivity index (χ1v) is 26.1. The smallest absolute Gasteiger partial charge is 0.410 e. The summed E-state index contributed by atoms with van der Waals surface area (Å²) in [5.41, 5.74) is 4.38. The van der Waals surface area contributed by atoms with Gasteiger partial charge < -0.3 is 33.3 Å². The highest BCUT2D eigenvalue weighted by Gasteiger charge is 2.39. The Hall–Kier alpha value is -3.46. The number of anilines is 1. The van der Waals surface area contributed by atoms with Crippen molar-refractivity contribution in [3.8, 4) is 5.88 Å². The van der Waals surface area contributed by atoms with Crippen LogP contribution in [0.1, 0.15) is 31.2 Å². The zero-order chi connectivity index (χ0) is 36.1. The standard InChI is InChI=1S/C39H57N5O5Si2/c1-50(2,3)24-22-46-29-44-34-26-32(12-13-33(34)35-36(44)40-28-41-37(35)49-30-47-23-25-51(4,5)6)42-18-14-39(15-19-42)16-20-43(21-17-39)38(45)48-27-31-10-8-7-9-11-31/h7-13,26,28H,14-25,27,29-30H2,1-6H3. The number of likely N-dealkylation sites (tertiary alicyclic amines) is 1. The number of piperidine rings is 2. The highest BCUT2D eigenvalue weighted by molar-refractivity contribution is 6.76. The average Bonchev–Trinajstić information content (AvgIpc) is 3.42. The summed E-state index contributed by atoms with van der Waals surface area (Å²) >= 11 is 0. The van der Waals surface area contributed by atoms with Gasteiger partial charge in [-0.1, -0.05) is 69.6 Å². The zero-order valence-corrected chi connectivity index (χ0v) is 33.6. The molecule has 51 heavy (non-hydrogen) atoms. The summed E-state index contributed by atoms with van der Waals surface area (Å²) in [4.78, 5) is 26.5. The predicted molar refractivity (Wildman–Crippen MR) is 210 cm³/mol. The van der Waals surface area contributed by atoms with E-state index in [1.54, 1.807) is 6.33 Å². The second-order valence-corrected chi connectivity index (χ2v) is 28.1. The van der Waals surface area contributed by atoms with Gasteiger partial charge in [0.15, 0.2) is 6.79 Å². The maximum atomic E-state index is 12.8. The van der Waals surface area contributed by atoms with Gasteiger partial charge in [-0.05, 0) is 66.9 Å². The van der Waals surface area contributed by atoms with Crippen molar-refractivity contribution in [2.75, 3.05) is 51.1 Å². The molecule has 12 heteroatoms. The van der Waals surface area contributed by atoms with E-state index in [0.717, 1.165) is 98.1 Å². The number of aromatic nitrogens is 3. The number of carbonyl (C=O) groups excluding carboxylic acids is 1. The van der Waals surface area contributed by atoms with Crippen LogP contribution in [0.4, 0.5) is 10.5 Å². The lowest BCUT2D eigenvalue weighted by Crippen LogP contribution is -2.48. The van der Waals surface area contributed by atoms with Crippen LogP contribution in [0.15, 0.2) is 54.9 Å². The van der Waals surface area contributed by atoms with Gasteiger partial charge in [0, 0.05) is 66.6 Å². The molecule has 2 aromatic heterocycles. The first kappa shape index (κ1) is 37.3. The van der Waals surface area contributed by atoms with Crippen LogP contribution in [0.2, 0.25) is 51.4 Å². The van der Waals surface area contributed by atoms with Gasteiger partial charge in [0.05, 0.1) is 10.9 Å². The van der Waals surface area contributed by atoms with E-state index in [4.69, 9.17) is 23.9 Å². The van der Waals surface area contributed by atoms with Crippen LogP contribution in [-0.4, -0.2) is 87.9 Å². The molecule has 2 fully saturated rings. The molecular weight excluding hydrogens is 675 g/mol. The summed E-state index contributed by atoms with van der Waals surface area (Å²) in [6.45, 7) is 20.0. The van der Waals surface area contributed by atoms with E-state index < -0.39 is 16.1 Å². The first-order valence-electron chi connectivity index (χ1n) is 18.7. The number of benzene rings is 2. The number of nitrogens with zero attached hydrogens (tertiary/aromatic N) is 5. The molecule has 0 unspecified atom stereocenters. The lowest BCUT2D eigenvalue weighted by Gasteiger charge is -2.47. The Morgan fingerprint density at radius 2 is 1.49 bits per heavy atom. The third kappa shape index (κ3) is 9.71. The molecule has 0 radical (unpaired) electrons. The van der Waals surface area contributed by atoms with Crippen molar-refractivity contribution in [3.63, 3.8) is 0 Å². The van der Waals surface area contributed by atoms with Gasteiger partial charge >= 0.3 is 6.09 Å². The van der Waals surface area contributed by atoms with Crippen LogP contribution in [-0.2, 0) is 27.5 Å². The fraction of sp³-hybridized carbons (Fsp3) is 0.564. The molecule has 4 aromatic rings. The zero-order valence-electron chi connectivity index (χ0n) is 31.6. The SMILES string of the molecule is C[Si](C)(C)CCOCOc1ncnc2c1c1ccc(N3CCC4(CCN(C(=O)OCc5ccccc5)CC4)CC3)cc1n2COCC[Si](C)(C)C. The molecule has 2 aliphatic heterocycles. The lowest BCUT2D eigenvalue weighted by molar-refractivity contribution is 0.0203. The van der Waals surface area contributed by atoms with Gasteiger partial charge in [-0.15, -0.1) is 0 Å². The monoisotopic (exact) mass is 731 g/mol. The van der Waals surface area contributed by atoms with Crippen molar-refractivity contribution in [1.29, 1.82) is 0 Å². The molecule has 0 N–H and O–H groups in total. The molecule has 0 saturated carbocycles. The quantitative estimate of drug-likeness (QED) is 0.0724. The number of carbonyl (C=O) groups is 1. The topological polar surface area (TPSA) is 91.2 Å². The molecule has 2 saturated heterocycles. The summed E-state index contributed by atoms with van der Waals surface area (Å²) in [7, 11) is -2.41. The summed E-state index contributed by atoms with van der Waals surface area (Å²) in [6, 6.07) is 18.8. The molecule has 0 aliphatic carbocycles. The molecule has 6 rings (SSSR count). The minimum Gasteiger partial charge on any atom is -0.450 e. The largest absolute Gasteiger partial charge is 0.450 e. The summed E-state index contributed by atoms with van der Waals surface area (Å²) in [5, 5.41) is 1.95. The normalized spacial score (nSPS) is 16.7. The Morgan fingerprint density at radius 3 is 2.18 bits per heavy atom. The van der Waals surface area contributed by atoms with Crippen molar-refractivity contribution in [3.05, 3.63) is 60.4 Å². The molecule has 1 spiro atoms. The summed E-state index contributed by atoms with van der Waals surface area (Å²) < 4.78 is 26.1. The summed E-state index contributed by atoms with van der Waals surface area (Å²) in [6.07, 6.45) is 5.64. The maximum absolute atomic E-state index is 12.8. The fourth-order valence-electron chi connectivity index (χ4n) is 7.09. The Morgan fingerprint density at radius 1 is 0.824 bits per heavy atom. The Bertz CT molecular complexity index is 1750. The highest BCUT2D eigenvalue weighted by atomic mass is 28.3. The molecule has 276 valence electrons. The molecule has 2 aromatic carbocycles. The van der Waals surface area contributed by atoms with Gasteiger partial charge in [0.25, 0.3) is 0 Å². The number of ether oxygens (including phenoxy) is 4. The van der Waals surface area contributed by atoms with Crippen molar-refractivity contribution < 1.29 is 23.7 Å². The van der Waals surface area contributed by atoms with Crippen LogP contribution in [0.5, 0.6) is 5.88 Å². The minimum atomic E-state index is -1.23. The number of hydrogen-bond acceptors (Lipinski definition) is 8. The Balaban J connectivity index is 1.13. The molecule has 1 amide bonds. The predicted octanol–water partition coefficient (Wildman–Crippen LogP) is 8.61. The maximum Gasteiger partial charge on any atom is 0.410 e. The van der Waals surface area contributed by atoms with Crippen LogP contribution in [0.25, 0.3) is 21.9 Å². The fourth-order valence-corrected chi connectivity index (χ4v) is 8.60. The molecule has 10 nitrogen and oxygen atoms in total. The third-order valence-corrected chi connectivity index (χ3v) is 14.0. The van der Waals surface area contributed by atoms with E-state index in [1.165, 1.54) is 5.69 Å². The van der Waals surface area contributed by atoms with Crippen molar-refractivity contribution in [2.24, 2.45) is 5.41 Å². The Kier molecular flexibility index (Phi) is 11.7. The van der Waals surface area contributed by atoms with Gasteiger partial charge in [-0.25, -0.2) is 14.8 Å². The van der Waals surface area contributed by atoms with E-state index in [1.807, 2.05) is 35.2 Å². The lowest BCUT2D eigenvalue weighted by atomic mass is 9.71. The van der Waals surface area contributed by atoms with E-state index in [0.29, 0.717) is 25.8 Å². The van der Waals surface area contributed by atoms with Gasteiger partial charge in [0.2, 0.25) is 5.88 Å². The first-order chi connectivity index (χ1) is 24.4. The van der Waals surface area contributed by atoms with Crippen LogP contribution in [0.3, 0.4) is 0 Å². The Labute approximate surface area is 305 Å². The number of rotatable bonds is 14. The van der Waals surface area contributed by atoms with Crippen LogP contribution < -0.4 is 9.64 Å². The van der Waals surface area contributed by atoms with Gasteiger partial charge in [-0.2, -0.15) is 0 Å². The number of hydrogen-bond donors (Lipinski definition) is 0. The highest BCUT2D eigenvalue weighted by Crippen LogP contribution is 2.43. The van der Waals surface area contributed by atoms with E-state index in [-0.39, 0.29) is 18.3 Å². The third-order valence-electron chi connectivity index (χ3n) is 10.6. The second-order valence-electron chi connectivity index (χ2n) is 16.9. The molecule has 0 atom stereocenters. The van der Waals surface area contributed by atoms with E-state index >= 15 is 0 Å². The second kappa shape index (κ2) is 16.1. The number of fused-ring (bicyclic) bond motifs is 3. The van der Waals surface area contributed by atoms with Crippen LogP contribution >= 0.6 is 0 Å². The van der Waals surface area contributed by atoms with E-state index in [9.17, 15) is 4.79 Å². The van der Waals surface area contributed by atoms with Crippen LogP contribution in [0, 0.1) is 5.41 Å². The van der Waals surface area contributed by atoms with Gasteiger partial charge in [-0.3, -0.25) is 0 Å². The number of amides is 1. The van der Waals surface area contributed by atoms with Gasteiger partial charge in [0.1, 0.15) is 25.3 Å². The molecule has 4 heterocycles. The van der Waals surface area contributed by atoms with Crippen molar-refractivity contribution in [2.45, 2.75) is 90.4 Å². The summed E-state index contributed by atoms with van der Waals surface area (Å²) in [5.74, 6) is 0.543. The molecule has 0 bridgehead atoms. The molecular formula is C39H57N5O5Si2.